The summed E-state index contributed by atoms with van der Waals surface area (Å²) in [6, 6.07) is 16.4. The zero-order valence-electron chi connectivity index (χ0n) is 16.2. The Labute approximate surface area is 169 Å². The van der Waals surface area contributed by atoms with E-state index in [1.54, 1.807) is 24.3 Å². The molecule has 29 heavy (non-hydrogen) atoms. The first-order valence-electron chi connectivity index (χ1n) is 9.90. The Balaban J connectivity index is 1.32. The molecule has 1 aromatic heterocycles. The van der Waals surface area contributed by atoms with Gasteiger partial charge in [0, 0.05) is 30.6 Å². The lowest BCUT2D eigenvalue weighted by Crippen LogP contribution is -2.29. The maximum Gasteiger partial charge on any atom is 0.336 e. The standard InChI is InChI=1S/C23H24N2O4/c26-22(16-28-20-9-7-17-8-10-23(27)29-21(17)13-20)24-14-18-5-1-2-6-19(18)15-25-11-3-4-12-25/h1-2,5-10,13H,3-4,11-12,14-16H2,(H,24,26). The van der Waals surface area contributed by atoms with Crippen LogP contribution in [0, 0.1) is 0 Å². The average molecular weight is 392 g/mol. The summed E-state index contributed by atoms with van der Waals surface area (Å²) in [5.74, 6) is 0.284. The molecule has 0 radical (unpaired) electrons. The van der Waals surface area contributed by atoms with E-state index < -0.39 is 5.63 Å². The lowest BCUT2D eigenvalue weighted by Gasteiger charge is -2.17. The fourth-order valence-corrected chi connectivity index (χ4v) is 3.59. The summed E-state index contributed by atoms with van der Waals surface area (Å²) in [5.41, 5.74) is 2.40. The second kappa shape index (κ2) is 8.92. The van der Waals surface area contributed by atoms with E-state index in [9.17, 15) is 9.59 Å². The number of likely N-dealkylation sites (tertiary alicyclic amines) is 1. The van der Waals surface area contributed by atoms with Crippen LogP contribution in [0.5, 0.6) is 5.75 Å². The number of amides is 1. The Morgan fingerprint density at radius 3 is 2.62 bits per heavy atom. The topological polar surface area (TPSA) is 71.8 Å². The van der Waals surface area contributed by atoms with Gasteiger partial charge in [-0.3, -0.25) is 9.69 Å². The average Bonchev–Trinajstić information content (AvgIpc) is 3.24. The van der Waals surface area contributed by atoms with Crippen LogP contribution in [0.1, 0.15) is 24.0 Å². The molecular weight excluding hydrogens is 368 g/mol. The third-order valence-electron chi connectivity index (χ3n) is 5.15. The molecule has 6 heteroatoms. The molecule has 0 atom stereocenters. The summed E-state index contributed by atoms with van der Waals surface area (Å²) in [5, 5.41) is 3.73. The number of fused-ring (bicyclic) bond motifs is 1. The van der Waals surface area contributed by atoms with E-state index in [1.165, 1.54) is 24.5 Å². The molecule has 1 aliphatic heterocycles. The van der Waals surface area contributed by atoms with Crippen molar-refractivity contribution in [2.24, 2.45) is 0 Å². The van der Waals surface area contributed by atoms with Crippen molar-refractivity contribution in [3.05, 3.63) is 76.1 Å². The molecule has 0 spiro atoms. The van der Waals surface area contributed by atoms with Crippen molar-refractivity contribution in [2.75, 3.05) is 19.7 Å². The van der Waals surface area contributed by atoms with Crippen molar-refractivity contribution < 1.29 is 13.9 Å². The lowest BCUT2D eigenvalue weighted by molar-refractivity contribution is -0.123. The molecule has 150 valence electrons. The summed E-state index contributed by atoms with van der Waals surface area (Å²) in [6.45, 7) is 3.57. The number of rotatable bonds is 7. The Morgan fingerprint density at radius 1 is 1.03 bits per heavy atom. The predicted octanol–water partition coefficient (Wildman–Crippen LogP) is 3.08. The first-order valence-corrected chi connectivity index (χ1v) is 9.90. The third-order valence-corrected chi connectivity index (χ3v) is 5.15. The van der Waals surface area contributed by atoms with Gasteiger partial charge < -0.3 is 14.5 Å². The minimum atomic E-state index is -0.417. The Kier molecular flexibility index (Phi) is 5.91. The number of ether oxygens (including phenoxy) is 1. The van der Waals surface area contributed by atoms with Crippen molar-refractivity contribution in [3.8, 4) is 5.75 Å². The summed E-state index contributed by atoms with van der Waals surface area (Å²) < 4.78 is 10.7. The van der Waals surface area contributed by atoms with E-state index in [-0.39, 0.29) is 12.5 Å². The fourth-order valence-electron chi connectivity index (χ4n) is 3.59. The molecule has 1 saturated heterocycles. The van der Waals surface area contributed by atoms with E-state index in [2.05, 4.69) is 22.3 Å². The Bertz CT molecular complexity index is 1050. The van der Waals surface area contributed by atoms with E-state index >= 15 is 0 Å². The zero-order valence-corrected chi connectivity index (χ0v) is 16.2. The van der Waals surface area contributed by atoms with Crippen molar-refractivity contribution in [3.63, 3.8) is 0 Å². The normalized spacial score (nSPS) is 14.2. The molecule has 2 aromatic carbocycles. The van der Waals surface area contributed by atoms with Gasteiger partial charge in [0.15, 0.2) is 6.61 Å². The summed E-state index contributed by atoms with van der Waals surface area (Å²) in [6.07, 6.45) is 2.52. The maximum absolute atomic E-state index is 12.2. The molecule has 0 saturated carbocycles. The highest BCUT2D eigenvalue weighted by Crippen LogP contribution is 2.19. The molecule has 3 aromatic rings. The first-order chi connectivity index (χ1) is 14.2. The van der Waals surface area contributed by atoms with Crippen LogP contribution in [0.25, 0.3) is 11.0 Å². The van der Waals surface area contributed by atoms with Gasteiger partial charge in [-0.1, -0.05) is 24.3 Å². The SMILES string of the molecule is O=C(COc1ccc2ccc(=O)oc2c1)NCc1ccccc1CN1CCCC1. The number of carbonyl (C=O) groups excluding carboxylic acids is 1. The molecule has 1 fully saturated rings. The van der Waals surface area contributed by atoms with Crippen LogP contribution >= 0.6 is 0 Å². The van der Waals surface area contributed by atoms with Gasteiger partial charge in [0.25, 0.3) is 5.91 Å². The molecule has 0 bridgehead atoms. The monoisotopic (exact) mass is 392 g/mol. The Hall–Kier alpha value is -3.12. The highest BCUT2D eigenvalue weighted by Gasteiger charge is 2.14. The van der Waals surface area contributed by atoms with Crippen molar-refractivity contribution >= 4 is 16.9 Å². The van der Waals surface area contributed by atoms with Crippen molar-refractivity contribution in [2.45, 2.75) is 25.9 Å². The van der Waals surface area contributed by atoms with Crippen LogP contribution in [0.15, 0.2) is 63.8 Å². The highest BCUT2D eigenvalue weighted by atomic mass is 16.5. The molecular formula is C23H24N2O4. The smallest absolute Gasteiger partial charge is 0.336 e. The molecule has 2 heterocycles. The van der Waals surface area contributed by atoms with Crippen molar-refractivity contribution in [1.29, 1.82) is 0 Å². The second-order valence-corrected chi connectivity index (χ2v) is 7.27. The number of hydrogen-bond acceptors (Lipinski definition) is 5. The van der Waals surface area contributed by atoms with E-state index in [0.717, 1.165) is 30.6 Å². The minimum Gasteiger partial charge on any atom is -0.484 e. The molecule has 0 aliphatic carbocycles. The number of hydrogen-bond donors (Lipinski definition) is 1. The van der Waals surface area contributed by atoms with Crippen LogP contribution in [-0.4, -0.2) is 30.5 Å². The minimum absolute atomic E-state index is 0.100. The quantitative estimate of drug-likeness (QED) is 0.626. The van der Waals surface area contributed by atoms with E-state index in [1.807, 2.05) is 12.1 Å². The first kappa shape index (κ1) is 19.2. The number of carbonyl (C=O) groups is 1. The molecule has 0 unspecified atom stereocenters. The molecule has 6 nitrogen and oxygen atoms in total. The Morgan fingerprint density at radius 2 is 1.79 bits per heavy atom. The van der Waals surface area contributed by atoms with Crippen LogP contribution in [0.2, 0.25) is 0 Å². The van der Waals surface area contributed by atoms with Crippen molar-refractivity contribution in [1.82, 2.24) is 10.2 Å². The van der Waals surface area contributed by atoms with Gasteiger partial charge in [0.2, 0.25) is 0 Å². The van der Waals surface area contributed by atoms with Crippen LogP contribution in [0.3, 0.4) is 0 Å². The molecule has 4 rings (SSSR count). The van der Waals surface area contributed by atoms with Gasteiger partial charge >= 0.3 is 5.63 Å². The van der Waals surface area contributed by atoms with Crippen LogP contribution in [0.4, 0.5) is 0 Å². The summed E-state index contributed by atoms with van der Waals surface area (Å²) in [7, 11) is 0. The summed E-state index contributed by atoms with van der Waals surface area (Å²) in [4.78, 5) is 26.0. The highest BCUT2D eigenvalue weighted by molar-refractivity contribution is 5.79. The second-order valence-electron chi connectivity index (χ2n) is 7.27. The lowest BCUT2D eigenvalue weighted by atomic mass is 10.1. The summed E-state index contributed by atoms with van der Waals surface area (Å²) >= 11 is 0. The van der Waals surface area contributed by atoms with Crippen LogP contribution < -0.4 is 15.7 Å². The molecule has 1 aliphatic rings. The van der Waals surface area contributed by atoms with Gasteiger partial charge in [-0.2, -0.15) is 0 Å². The largest absolute Gasteiger partial charge is 0.484 e. The molecule has 1 amide bonds. The fraction of sp³-hybridized carbons (Fsp3) is 0.304. The van der Waals surface area contributed by atoms with Gasteiger partial charge in [0.1, 0.15) is 11.3 Å². The molecule has 1 N–H and O–H groups in total. The van der Waals surface area contributed by atoms with Gasteiger partial charge in [-0.25, -0.2) is 4.79 Å². The van der Waals surface area contributed by atoms with Crippen LogP contribution in [-0.2, 0) is 17.9 Å². The van der Waals surface area contributed by atoms with E-state index in [0.29, 0.717) is 17.9 Å². The number of nitrogens with zero attached hydrogens (tertiary/aromatic N) is 1. The number of nitrogens with one attached hydrogen (secondary N) is 1. The zero-order chi connectivity index (χ0) is 20.1. The van der Waals surface area contributed by atoms with Gasteiger partial charge in [-0.15, -0.1) is 0 Å². The third kappa shape index (κ3) is 5.03. The maximum atomic E-state index is 12.2. The number of benzene rings is 2. The van der Waals surface area contributed by atoms with Gasteiger partial charge in [0.05, 0.1) is 0 Å². The van der Waals surface area contributed by atoms with Gasteiger partial charge in [-0.05, 0) is 55.3 Å². The predicted molar refractivity (Wildman–Crippen MR) is 111 cm³/mol. The van der Waals surface area contributed by atoms with E-state index in [4.69, 9.17) is 9.15 Å².